The monoisotopic (exact) mass is 400 g/mol. The van der Waals surface area contributed by atoms with Gasteiger partial charge in [0.1, 0.15) is 12.2 Å². The molecule has 0 amide bonds. The fourth-order valence-corrected chi connectivity index (χ4v) is 2.67. The van der Waals surface area contributed by atoms with Crippen LogP contribution < -0.4 is 0 Å². The van der Waals surface area contributed by atoms with Gasteiger partial charge in [0.25, 0.3) is 0 Å². The highest BCUT2D eigenvalue weighted by atomic mass is 79.9. The molecule has 0 radical (unpaired) electrons. The fourth-order valence-electron chi connectivity index (χ4n) is 2.27. The highest BCUT2D eigenvalue weighted by molar-refractivity contribution is 9.10. The van der Waals surface area contributed by atoms with Crippen LogP contribution in [0.1, 0.15) is 11.8 Å². The minimum absolute atomic E-state index is 0.169. The van der Waals surface area contributed by atoms with E-state index >= 15 is 0 Å². The zero-order valence-electron chi connectivity index (χ0n) is 12.7. The van der Waals surface area contributed by atoms with Crippen LogP contribution >= 0.6 is 15.9 Å². The molecular formula is C17H10BrFN4O2. The molecule has 2 aromatic heterocycles. The van der Waals surface area contributed by atoms with Crippen molar-refractivity contribution in [3.63, 3.8) is 0 Å². The second-order valence-electron chi connectivity index (χ2n) is 5.18. The molecule has 0 aliphatic heterocycles. The Kier molecular flexibility index (Phi) is 4.10. The molecule has 2 heterocycles. The average Bonchev–Trinajstić information content (AvgIpc) is 3.25. The molecule has 0 bridgehead atoms. The Morgan fingerprint density at radius 3 is 2.72 bits per heavy atom. The van der Waals surface area contributed by atoms with E-state index in [0.29, 0.717) is 11.8 Å². The highest BCUT2D eigenvalue weighted by Gasteiger charge is 2.16. The summed E-state index contributed by atoms with van der Waals surface area (Å²) in [6.45, 7) is 0. The van der Waals surface area contributed by atoms with Crippen LogP contribution in [0.15, 0.2) is 61.9 Å². The van der Waals surface area contributed by atoms with Gasteiger partial charge in [-0.2, -0.15) is 4.98 Å². The molecule has 0 fully saturated rings. The van der Waals surface area contributed by atoms with Gasteiger partial charge in [-0.3, -0.25) is 0 Å². The Morgan fingerprint density at radius 2 is 1.88 bits per heavy atom. The van der Waals surface area contributed by atoms with Crippen LogP contribution in [0.25, 0.3) is 22.8 Å². The number of halogens is 2. The maximum absolute atomic E-state index is 13.8. The zero-order valence-corrected chi connectivity index (χ0v) is 14.3. The van der Waals surface area contributed by atoms with E-state index in [1.54, 1.807) is 18.2 Å². The van der Waals surface area contributed by atoms with Gasteiger partial charge >= 0.3 is 0 Å². The Labute approximate surface area is 149 Å². The molecule has 4 aromatic rings. The Morgan fingerprint density at radius 1 is 1.00 bits per heavy atom. The van der Waals surface area contributed by atoms with E-state index in [0.717, 1.165) is 10.0 Å². The predicted molar refractivity (Wildman–Crippen MR) is 89.9 cm³/mol. The van der Waals surface area contributed by atoms with Crippen LogP contribution in [0.3, 0.4) is 0 Å². The first-order valence-corrected chi connectivity index (χ1v) is 8.14. The van der Waals surface area contributed by atoms with Crippen molar-refractivity contribution in [3.8, 4) is 22.8 Å². The van der Waals surface area contributed by atoms with Crippen molar-refractivity contribution in [2.45, 2.75) is 6.42 Å². The first-order valence-electron chi connectivity index (χ1n) is 7.35. The second-order valence-corrected chi connectivity index (χ2v) is 6.10. The summed E-state index contributed by atoms with van der Waals surface area (Å²) in [6, 6.07) is 13.8. The Balaban J connectivity index is 1.55. The molecule has 0 atom stereocenters. The lowest BCUT2D eigenvalue weighted by molar-refractivity contribution is 0.373. The molecule has 2 aromatic carbocycles. The number of hydrogen-bond acceptors (Lipinski definition) is 6. The van der Waals surface area contributed by atoms with Gasteiger partial charge in [-0.25, -0.2) is 4.39 Å². The van der Waals surface area contributed by atoms with Gasteiger partial charge in [-0.1, -0.05) is 39.3 Å². The highest BCUT2D eigenvalue weighted by Crippen LogP contribution is 2.23. The standard InChI is InChI=1S/C17H10BrFN4O2/c18-11-5-3-4-10(8-11)17-22-21-15(24-17)9-14-20-16(23-25-14)12-6-1-2-7-13(12)19/h1-8H,9H2. The van der Waals surface area contributed by atoms with Gasteiger partial charge in [-0.15, -0.1) is 10.2 Å². The number of nitrogens with zero attached hydrogens (tertiary/aromatic N) is 4. The van der Waals surface area contributed by atoms with Crippen molar-refractivity contribution in [2.24, 2.45) is 0 Å². The number of rotatable bonds is 4. The van der Waals surface area contributed by atoms with Crippen LogP contribution in [-0.2, 0) is 6.42 Å². The fraction of sp³-hybridized carbons (Fsp3) is 0.0588. The van der Waals surface area contributed by atoms with E-state index in [1.165, 1.54) is 6.07 Å². The van der Waals surface area contributed by atoms with Crippen molar-refractivity contribution < 1.29 is 13.3 Å². The van der Waals surface area contributed by atoms with Crippen LogP contribution in [0.2, 0.25) is 0 Å². The molecule has 25 heavy (non-hydrogen) atoms. The molecule has 8 heteroatoms. The third-order valence-electron chi connectivity index (χ3n) is 3.42. The SMILES string of the molecule is Fc1ccccc1-c1noc(Cc2nnc(-c3cccc(Br)c3)o2)n1. The molecule has 0 N–H and O–H groups in total. The largest absolute Gasteiger partial charge is 0.420 e. The van der Waals surface area contributed by atoms with E-state index in [9.17, 15) is 4.39 Å². The number of aromatic nitrogens is 4. The first kappa shape index (κ1) is 15.6. The molecule has 6 nitrogen and oxygen atoms in total. The normalized spacial score (nSPS) is 11.0. The van der Waals surface area contributed by atoms with Crippen molar-refractivity contribution in [1.82, 2.24) is 20.3 Å². The lowest BCUT2D eigenvalue weighted by atomic mass is 10.2. The molecule has 0 saturated heterocycles. The van der Waals surface area contributed by atoms with Gasteiger partial charge in [0, 0.05) is 10.0 Å². The average molecular weight is 401 g/mol. The Bertz CT molecular complexity index is 1030. The third-order valence-corrected chi connectivity index (χ3v) is 3.92. The molecule has 0 aliphatic rings. The molecule has 0 unspecified atom stereocenters. The van der Waals surface area contributed by atoms with Gasteiger partial charge in [-0.05, 0) is 30.3 Å². The summed E-state index contributed by atoms with van der Waals surface area (Å²) < 4.78 is 25.5. The summed E-state index contributed by atoms with van der Waals surface area (Å²) in [6.07, 6.45) is 0.169. The summed E-state index contributed by atoms with van der Waals surface area (Å²) in [5.74, 6) is 0.760. The summed E-state index contributed by atoms with van der Waals surface area (Å²) in [5, 5.41) is 11.8. The molecule has 0 spiro atoms. The third kappa shape index (κ3) is 3.34. The molecular weight excluding hydrogens is 391 g/mol. The van der Waals surface area contributed by atoms with Gasteiger partial charge in [0.2, 0.25) is 23.5 Å². The lowest BCUT2D eigenvalue weighted by Gasteiger charge is -1.95. The van der Waals surface area contributed by atoms with E-state index in [-0.39, 0.29) is 23.7 Å². The first-order chi connectivity index (χ1) is 12.2. The van der Waals surface area contributed by atoms with Crippen molar-refractivity contribution >= 4 is 15.9 Å². The van der Waals surface area contributed by atoms with Crippen LogP contribution in [-0.4, -0.2) is 20.3 Å². The summed E-state index contributed by atoms with van der Waals surface area (Å²) in [7, 11) is 0. The van der Waals surface area contributed by atoms with Crippen LogP contribution in [0.5, 0.6) is 0 Å². The van der Waals surface area contributed by atoms with E-state index < -0.39 is 5.82 Å². The Hall–Kier alpha value is -2.87. The van der Waals surface area contributed by atoms with Crippen molar-refractivity contribution in [3.05, 3.63) is 70.6 Å². The molecule has 4 rings (SSSR count). The smallest absolute Gasteiger partial charge is 0.247 e. The quantitative estimate of drug-likeness (QED) is 0.508. The molecule has 0 saturated carbocycles. The topological polar surface area (TPSA) is 77.8 Å². The van der Waals surface area contributed by atoms with Gasteiger partial charge in [0.05, 0.1) is 5.56 Å². The van der Waals surface area contributed by atoms with Crippen molar-refractivity contribution in [1.29, 1.82) is 0 Å². The maximum atomic E-state index is 13.8. The number of benzene rings is 2. The minimum Gasteiger partial charge on any atom is -0.420 e. The minimum atomic E-state index is -0.412. The van der Waals surface area contributed by atoms with Crippen LogP contribution in [0, 0.1) is 5.82 Å². The zero-order chi connectivity index (χ0) is 17.2. The van der Waals surface area contributed by atoms with E-state index in [1.807, 2.05) is 24.3 Å². The number of hydrogen-bond donors (Lipinski definition) is 0. The summed E-state index contributed by atoms with van der Waals surface area (Å²) in [5.41, 5.74) is 1.07. The lowest BCUT2D eigenvalue weighted by Crippen LogP contribution is -1.90. The van der Waals surface area contributed by atoms with Gasteiger partial charge in [0.15, 0.2) is 0 Å². The van der Waals surface area contributed by atoms with E-state index in [2.05, 4.69) is 36.3 Å². The van der Waals surface area contributed by atoms with Crippen LogP contribution in [0.4, 0.5) is 4.39 Å². The van der Waals surface area contributed by atoms with Gasteiger partial charge < -0.3 is 8.94 Å². The molecule has 124 valence electrons. The predicted octanol–water partition coefficient (Wildman–Crippen LogP) is 4.28. The maximum Gasteiger partial charge on any atom is 0.247 e. The molecule has 0 aliphatic carbocycles. The van der Waals surface area contributed by atoms with Crippen molar-refractivity contribution in [2.75, 3.05) is 0 Å². The second kappa shape index (κ2) is 6.56. The summed E-state index contributed by atoms with van der Waals surface area (Å²) in [4.78, 5) is 4.18. The van der Waals surface area contributed by atoms with E-state index in [4.69, 9.17) is 8.94 Å². The summed E-state index contributed by atoms with van der Waals surface area (Å²) >= 11 is 3.40.